The standard InChI is InChI=1S/C24H21Cl2N7O4S/c1-35-15-8-9-18(21(12-15)36-2)27-24(38)30-28-22(34)13-33-31-23(29-32-33)16-5-3-4-6-19(16)37-20-10-7-14(25)11-17(20)26/h3-12H,13H2,1-2H3,(H,28,34)(H2,27,30,38). The number of methoxy groups -OCH3 is 2. The smallest absolute Gasteiger partial charge is 0.262 e. The third kappa shape index (κ3) is 6.79. The van der Waals surface area contributed by atoms with E-state index in [9.17, 15) is 4.79 Å². The Kier molecular flexibility index (Phi) is 8.79. The van der Waals surface area contributed by atoms with Crippen LogP contribution in [0.2, 0.25) is 10.0 Å². The van der Waals surface area contributed by atoms with Gasteiger partial charge in [-0.25, -0.2) is 0 Å². The topological polar surface area (TPSA) is 124 Å². The maximum Gasteiger partial charge on any atom is 0.262 e. The number of hydrogen-bond acceptors (Lipinski definition) is 8. The van der Waals surface area contributed by atoms with Gasteiger partial charge < -0.3 is 19.5 Å². The second kappa shape index (κ2) is 12.4. The van der Waals surface area contributed by atoms with Crippen molar-refractivity contribution in [2.24, 2.45) is 0 Å². The monoisotopic (exact) mass is 573 g/mol. The van der Waals surface area contributed by atoms with E-state index in [1.54, 1.807) is 67.8 Å². The van der Waals surface area contributed by atoms with E-state index in [-0.39, 0.29) is 17.5 Å². The van der Waals surface area contributed by atoms with Gasteiger partial charge in [0.05, 0.1) is 30.5 Å². The van der Waals surface area contributed by atoms with Crippen LogP contribution in [-0.4, -0.2) is 45.4 Å². The lowest BCUT2D eigenvalue weighted by atomic mass is 10.2. The number of anilines is 1. The summed E-state index contributed by atoms with van der Waals surface area (Å²) in [6.07, 6.45) is 0. The summed E-state index contributed by atoms with van der Waals surface area (Å²) in [5.41, 5.74) is 6.24. The highest BCUT2D eigenvalue weighted by atomic mass is 35.5. The molecule has 0 bridgehead atoms. The Labute approximate surface area is 232 Å². The van der Waals surface area contributed by atoms with Crippen LogP contribution < -0.4 is 30.4 Å². The molecular formula is C24H21Cl2N7O4S. The number of carbonyl (C=O) groups is 1. The SMILES string of the molecule is COc1ccc(NC(=S)NNC(=O)Cn2nnc(-c3ccccc3Oc3ccc(Cl)cc3Cl)n2)c(OC)c1. The van der Waals surface area contributed by atoms with Crippen LogP contribution in [0.15, 0.2) is 60.7 Å². The predicted molar refractivity (Wildman–Crippen MR) is 147 cm³/mol. The molecule has 0 aliphatic carbocycles. The van der Waals surface area contributed by atoms with Crippen molar-refractivity contribution in [1.29, 1.82) is 0 Å². The molecule has 11 nitrogen and oxygen atoms in total. The molecule has 0 spiro atoms. The summed E-state index contributed by atoms with van der Waals surface area (Å²) in [5, 5.41) is 16.2. The molecule has 3 N–H and O–H groups in total. The number of hydrazine groups is 1. The van der Waals surface area contributed by atoms with Crippen molar-refractivity contribution < 1.29 is 19.0 Å². The summed E-state index contributed by atoms with van der Waals surface area (Å²) >= 11 is 17.4. The van der Waals surface area contributed by atoms with Gasteiger partial charge in [0.2, 0.25) is 5.82 Å². The number of tetrazole rings is 1. The van der Waals surface area contributed by atoms with Crippen molar-refractivity contribution in [3.05, 3.63) is 70.7 Å². The molecule has 0 unspecified atom stereocenters. The summed E-state index contributed by atoms with van der Waals surface area (Å²) in [6.45, 7) is -0.222. The Morgan fingerprint density at radius 3 is 2.55 bits per heavy atom. The number of aromatic nitrogens is 4. The van der Waals surface area contributed by atoms with Crippen molar-refractivity contribution in [3.8, 4) is 34.4 Å². The van der Waals surface area contributed by atoms with Crippen LogP contribution in [0, 0.1) is 0 Å². The maximum absolute atomic E-state index is 12.4. The van der Waals surface area contributed by atoms with Crippen molar-refractivity contribution in [2.75, 3.05) is 19.5 Å². The summed E-state index contributed by atoms with van der Waals surface area (Å²) in [6, 6.07) is 17.2. The normalized spacial score (nSPS) is 10.4. The first-order chi connectivity index (χ1) is 18.4. The average Bonchev–Trinajstić information content (AvgIpc) is 3.37. The van der Waals surface area contributed by atoms with Gasteiger partial charge in [-0.15, -0.1) is 10.2 Å². The Bertz CT molecular complexity index is 1470. The average molecular weight is 574 g/mol. The van der Waals surface area contributed by atoms with E-state index >= 15 is 0 Å². The molecule has 196 valence electrons. The molecule has 1 aromatic heterocycles. The molecule has 0 aliphatic rings. The Balaban J connectivity index is 1.36. The molecule has 1 heterocycles. The number of benzene rings is 3. The fourth-order valence-electron chi connectivity index (χ4n) is 3.18. The van der Waals surface area contributed by atoms with Crippen LogP contribution >= 0.6 is 35.4 Å². The Morgan fingerprint density at radius 1 is 0.974 bits per heavy atom. The Hall–Kier alpha value is -4.13. The number of halogens is 2. The lowest BCUT2D eigenvalue weighted by molar-refractivity contribution is -0.122. The fraction of sp³-hybridized carbons (Fsp3) is 0.125. The van der Waals surface area contributed by atoms with E-state index < -0.39 is 5.91 Å². The summed E-state index contributed by atoms with van der Waals surface area (Å²) in [7, 11) is 3.08. The minimum Gasteiger partial charge on any atom is -0.497 e. The first kappa shape index (κ1) is 26.9. The van der Waals surface area contributed by atoms with Crippen LogP contribution in [0.3, 0.4) is 0 Å². The summed E-state index contributed by atoms with van der Waals surface area (Å²) < 4.78 is 16.4. The fourth-order valence-corrected chi connectivity index (χ4v) is 3.79. The number of nitrogens with zero attached hydrogens (tertiary/aromatic N) is 4. The van der Waals surface area contributed by atoms with Gasteiger partial charge >= 0.3 is 0 Å². The molecule has 38 heavy (non-hydrogen) atoms. The van der Waals surface area contributed by atoms with Crippen LogP contribution in [0.25, 0.3) is 11.4 Å². The van der Waals surface area contributed by atoms with Gasteiger partial charge in [-0.2, -0.15) is 4.80 Å². The highest BCUT2D eigenvalue weighted by Gasteiger charge is 2.15. The minimum atomic E-state index is -0.461. The molecule has 0 fully saturated rings. The summed E-state index contributed by atoms with van der Waals surface area (Å²) in [5.74, 6) is 1.81. The van der Waals surface area contributed by atoms with Crippen molar-refractivity contribution >= 4 is 52.1 Å². The Morgan fingerprint density at radius 2 is 1.79 bits per heavy atom. The van der Waals surface area contributed by atoms with Crippen LogP contribution in [0.1, 0.15) is 0 Å². The minimum absolute atomic E-state index is 0.140. The number of amides is 1. The van der Waals surface area contributed by atoms with Crippen LogP contribution in [-0.2, 0) is 11.3 Å². The lowest BCUT2D eigenvalue weighted by Gasteiger charge is -2.14. The van der Waals surface area contributed by atoms with Gasteiger partial charge in [0, 0.05) is 11.1 Å². The first-order valence-electron chi connectivity index (χ1n) is 10.9. The molecular weight excluding hydrogens is 553 g/mol. The molecule has 4 rings (SSSR count). The van der Waals surface area contributed by atoms with Crippen molar-refractivity contribution in [2.45, 2.75) is 6.54 Å². The molecule has 0 saturated carbocycles. The van der Waals surface area contributed by atoms with Gasteiger partial charge in [-0.05, 0) is 59.9 Å². The highest BCUT2D eigenvalue weighted by Crippen LogP contribution is 2.35. The maximum atomic E-state index is 12.4. The van der Waals surface area contributed by atoms with Gasteiger partial charge in [-0.1, -0.05) is 35.3 Å². The molecule has 0 atom stereocenters. The molecule has 4 aromatic rings. The zero-order chi connectivity index (χ0) is 27.1. The third-order valence-electron chi connectivity index (χ3n) is 4.95. The van der Waals surface area contributed by atoms with Gasteiger partial charge in [0.1, 0.15) is 29.5 Å². The van der Waals surface area contributed by atoms with Crippen molar-refractivity contribution in [3.63, 3.8) is 0 Å². The van der Waals surface area contributed by atoms with E-state index in [2.05, 4.69) is 31.6 Å². The largest absolute Gasteiger partial charge is 0.497 e. The second-order valence-electron chi connectivity index (χ2n) is 7.51. The summed E-state index contributed by atoms with van der Waals surface area (Å²) in [4.78, 5) is 13.6. The molecule has 0 saturated heterocycles. The van der Waals surface area contributed by atoms with E-state index in [0.29, 0.717) is 44.3 Å². The number of hydrogen-bond donors (Lipinski definition) is 3. The zero-order valence-corrected chi connectivity index (χ0v) is 22.4. The van der Waals surface area contributed by atoms with Crippen LogP contribution in [0.4, 0.5) is 5.69 Å². The lowest BCUT2D eigenvalue weighted by Crippen LogP contribution is -2.45. The third-order valence-corrected chi connectivity index (χ3v) is 5.69. The quantitative estimate of drug-likeness (QED) is 0.205. The molecule has 14 heteroatoms. The number of ether oxygens (including phenoxy) is 3. The second-order valence-corrected chi connectivity index (χ2v) is 8.76. The first-order valence-corrected chi connectivity index (χ1v) is 12.1. The van der Waals surface area contributed by atoms with Gasteiger partial charge in [0.15, 0.2) is 5.11 Å². The highest BCUT2D eigenvalue weighted by molar-refractivity contribution is 7.80. The van der Waals surface area contributed by atoms with Gasteiger partial charge in [-0.3, -0.25) is 15.6 Å². The van der Waals surface area contributed by atoms with E-state index in [1.165, 1.54) is 7.11 Å². The number of thiocarbonyl (C=S) groups is 1. The van der Waals surface area contributed by atoms with E-state index in [1.807, 2.05) is 0 Å². The number of para-hydroxylation sites is 1. The molecule has 1 amide bonds. The van der Waals surface area contributed by atoms with Crippen LogP contribution in [0.5, 0.6) is 23.0 Å². The molecule has 3 aromatic carbocycles. The van der Waals surface area contributed by atoms with E-state index in [0.717, 1.165) is 4.80 Å². The molecule has 0 radical (unpaired) electrons. The molecule has 0 aliphatic heterocycles. The van der Waals surface area contributed by atoms with E-state index in [4.69, 9.17) is 49.6 Å². The number of rotatable bonds is 8. The van der Waals surface area contributed by atoms with Crippen molar-refractivity contribution in [1.82, 2.24) is 31.1 Å². The number of carbonyl (C=O) groups excluding carboxylic acids is 1. The predicted octanol–water partition coefficient (Wildman–Crippen LogP) is 4.47. The van der Waals surface area contributed by atoms with Gasteiger partial charge in [0.25, 0.3) is 5.91 Å². The number of nitrogens with one attached hydrogen (secondary N) is 3. The zero-order valence-electron chi connectivity index (χ0n) is 20.1.